The van der Waals surface area contributed by atoms with Crippen LogP contribution >= 0.6 is 0 Å². The van der Waals surface area contributed by atoms with Crippen molar-refractivity contribution < 1.29 is 38.8 Å². The van der Waals surface area contributed by atoms with E-state index in [-0.39, 0.29) is 23.9 Å². The van der Waals surface area contributed by atoms with Crippen molar-refractivity contribution in [2.45, 2.75) is 72.9 Å². The predicted molar refractivity (Wildman–Crippen MR) is 72.4 cm³/mol. The van der Waals surface area contributed by atoms with Gasteiger partial charge < -0.3 is 0 Å². The molecule has 1 unspecified atom stereocenters. The van der Waals surface area contributed by atoms with Crippen LogP contribution in [0.1, 0.15) is 55.4 Å². The molecule has 0 saturated heterocycles. The molecule has 120 valence electrons. The van der Waals surface area contributed by atoms with Crippen molar-refractivity contribution in [2.75, 3.05) is 0 Å². The molecule has 0 aliphatic heterocycles. The monoisotopic (exact) mass is 326 g/mol. The second-order valence-electron chi connectivity index (χ2n) is 6.49. The summed E-state index contributed by atoms with van der Waals surface area (Å²) in [6.45, 7) is 15.0. The van der Waals surface area contributed by atoms with E-state index in [9.17, 15) is 12.1 Å². The van der Waals surface area contributed by atoms with Crippen LogP contribution < -0.4 is 0 Å². The molecule has 0 aliphatic carbocycles. The molecule has 0 rings (SSSR count). The van der Waals surface area contributed by atoms with Crippen LogP contribution in [0.15, 0.2) is 0 Å². The molecule has 2 N–H and O–H groups in total. The van der Waals surface area contributed by atoms with E-state index in [1.807, 2.05) is 41.5 Å². The summed E-state index contributed by atoms with van der Waals surface area (Å²) in [4.78, 5) is 0. The summed E-state index contributed by atoms with van der Waals surface area (Å²) >= 11 is -3.93. The van der Waals surface area contributed by atoms with Crippen LogP contribution in [-0.4, -0.2) is 26.3 Å². The van der Waals surface area contributed by atoms with Crippen molar-refractivity contribution in [1.29, 1.82) is 0 Å². The molecule has 0 amide bonds. The zero-order chi connectivity index (χ0) is 16.3. The Kier molecular flexibility index (Phi) is 7.70. The molecule has 0 fully saturated rings. The first kappa shape index (κ1) is 20.4. The molecule has 5 nitrogen and oxygen atoms in total. The third kappa shape index (κ3) is 3.96. The van der Waals surface area contributed by atoms with Gasteiger partial charge in [-0.05, 0) is 0 Å². The average molecular weight is 326 g/mol. The molecule has 0 heterocycles. The Morgan fingerprint density at radius 3 is 1.50 bits per heavy atom. The van der Waals surface area contributed by atoms with Gasteiger partial charge in [0.1, 0.15) is 0 Å². The quantitative estimate of drug-likeness (QED) is 0.530. The van der Waals surface area contributed by atoms with Crippen molar-refractivity contribution in [3.8, 4) is 0 Å². The Balaban J connectivity index is 6.06. The molecule has 0 aromatic carbocycles. The molecular weight excluding hydrogens is 296 g/mol. The molecule has 0 aromatic heterocycles. The van der Waals surface area contributed by atoms with E-state index in [0.717, 1.165) is 0 Å². The number of ether oxygens (including phenoxy) is 1. The molecule has 0 aliphatic rings. The molecule has 0 bridgehead atoms. The van der Waals surface area contributed by atoms with E-state index in [2.05, 4.69) is 0 Å². The summed E-state index contributed by atoms with van der Waals surface area (Å²) in [6.07, 6.45) is -0.137. The summed E-state index contributed by atoms with van der Waals surface area (Å²) in [6, 6.07) is 0. The van der Waals surface area contributed by atoms with Gasteiger partial charge in [0, 0.05) is 0 Å². The predicted octanol–water partition coefficient (Wildman–Crippen LogP) is 2.61. The van der Waals surface area contributed by atoms with Crippen molar-refractivity contribution >= 4 is 0 Å². The van der Waals surface area contributed by atoms with Gasteiger partial charge >= 0.3 is 129 Å². The van der Waals surface area contributed by atoms with E-state index in [0.29, 0.717) is 0 Å². The number of hydrogen-bond acceptors (Lipinski definition) is 4. The third-order valence-electron chi connectivity index (χ3n) is 3.73. The summed E-state index contributed by atoms with van der Waals surface area (Å²) in [5, 5.41) is 11.1. The summed E-state index contributed by atoms with van der Waals surface area (Å²) in [5.41, 5.74) is -1.05. The van der Waals surface area contributed by atoms with Crippen molar-refractivity contribution in [3.05, 3.63) is 0 Å². The topological polar surface area (TPSA) is 76.0 Å². The molecule has 20 heavy (non-hydrogen) atoms. The van der Waals surface area contributed by atoms with Crippen LogP contribution in [0.25, 0.3) is 0 Å². The molecule has 0 saturated carbocycles. The minimum atomic E-state index is -3.93. The van der Waals surface area contributed by atoms with Gasteiger partial charge in [0.15, 0.2) is 0 Å². The molecule has 0 aromatic rings. The Hall–Kier alpha value is 0.354. The van der Waals surface area contributed by atoms with Crippen LogP contribution in [0.2, 0.25) is 0 Å². The van der Waals surface area contributed by atoms with Gasteiger partial charge in [0.2, 0.25) is 0 Å². The Morgan fingerprint density at radius 2 is 1.30 bits per heavy atom. The van der Waals surface area contributed by atoms with Gasteiger partial charge in [-0.1, -0.05) is 0 Å². The van der Waals surface area contributed by atoms with Crippen molar-refractivity contribution in [1.82, 2.24) is 0 Å². The maximum atomic E-state index is 11.3. The summed E-state index contributed by atoms with van der Waals surface area (Å²) in [5.74, 6) is -2.36. The van der Waals surface area contributed by atoms with Crippen LogP contribution in [0.5, 0.6) is 0 Å². The normalized spacial score (nSPS) is 16.3. The average Bonchev–Trinajstić information content (AvgIpc) is 2.22. The van der Waals surface area contributed by atoms with Crippen LogP contribution in [0, 0.1) is 17.8 Å². The van der Waals surface area contributed by atoms with Crippen LogP contribution in [0.4, 0.5) is 0 Å². The molecule has 6 heteroatoms. The van der Waals surface area contributed by atoms with E-state index in [1.165, 1.54) is 0 Å². The van der Waals surface area contributed by atoms with E-state index >= 15 is 0 Å². The fourth-order valence-corrected chi connectivity index (χ4v) is 4.06. The van der Waals surface area contributed by atoms with Gasteiger partial charge in [0.05, 0.1) is 0 Å². The Morgan fingerprint density at radius 1 is 0.900 bits per heavy atom. The van der Waals surface area contributed by atoms with Crippen molar-refractivity contribution in [3.63, 3.8) is 0 Å². The maximum absolute atomic E-state index is 11.3. The molecule has 1 atom stereocenters. The van der Waals surface area contributed by atoms with Gasteiger partial charge in [-0.15, -0.1) is 0 Å². The second-order valence-corrected chi connectivity index (χ2v) is 7.64. The van der Waals surface area contributed by atoms with Crippen molar-refractivity contribution in [2.24, 2.45) is 17.8 Å². The summed E-state index contributed by atoms with van der Waals surface area (Å²) in [7, 11) is 0. The van der Waals surface area contributed by atoms with Crippen LogP contribution in [-0.2, 0) is 30.0 Å². The summed E-state index contributed by atoms with van der Waals surface area (Å²) < 4.78 is 31.9. The first-order valence-electron chi connectivity index (χ1n) is 7.23. The Bertz CT molecular complexity index is 320. The Labute approximate surface area is 129 Å². The standard InChI is InChI=1S/C14H29O3.H2O.O.Ti/c1-9(2)13(10(3)4,17-12(7)8)14(15,16)11(5)6;;;/h9-12,15H,1-8H3;1H2;;/q-1;;;+2/p-1. The fraction of sp³-hybridized carbons (Fsp3) is 1.00. The molecule has 0 spiro atoms. The number of aliphatic hydroxyl groups is 1. The zero-order valence-corrected chi connectivity index (χ0v) is 15.5. The molecular formula is C14H30O5Ti. The third-order valence-corrected chi connectivity index (χ3v) is 4.49. The SMILES string of the molecule is CC(C)OC(C(C)C)(C(C)C)C(O)([O][Ti](=[O])[OH])C(C)C. The van der Waals surface area contributed by atoms with E-state index < -0.39 is 30.0 Å². The number of rotatable bonds is 8. The first-order valence-corrected chi connectivity index (χ1v) is 9.21. The van der Waals surface area contributed by atoms with Crippen LogP contribution in [0.3, 0.4) is 0 Å². The zero-order valence-electron chi connectivity index (χ0n) is 13.9. The van der Waals surface area contributed by atoms with Gasteiger partial charge in [-0.3, -0.25) is 0 Å². The molecule has 0 radical (unpaired) electrons. The van der Waals surface area contributed by atoms with Gasteiger partial charge in [-0.25, -0.2) is 0 Å². The van der Waals surface area contributed by atoms with E-state index in [1.54, 1.807) is 13.8 Å². The van der Waals surface area contributed by atoms with Gasteiger partial charge in [-0.2, -0.15) is 0 Å². The van der Waals surface area contributed by atoms with E-state index in [4.69, 9.17) is 8.06 Å². The second kappa shape index (κ2) is 7.57. The van der Waals surface area contributed by atoms with Gasteiger partial charge in [0.25, 0.3) is 0 Å². The minimum absolute atomic E-state index is 0.0881. The first-order chi connectivity index (χ1) is 8.91. The fourth-order valence-electron chi connectivity index (χ4n) is 3.02. The number of hydrogen-bond donors (Lipinski definition) is 2.